The lowest BCUT2D eigenvalue weighted by Crippen LogP contribution is -2.34. The highest BCUT2D eigenvalue weighted by Crippen LogP contribution is 2.24. The average molecular weight is 293 g/mol. The van der Waals surface area contributed by atoms with E-state index in [1.54, 1.807) is 32.2 Å². The summed E-state index contributed by atoms with van der Waals surface area (Å²) in [5.41, 5.74) is 7.65. The molecule has 0 saturated heterocycles. The molecule has 0 radical (unpaired) electrons. The van der Waals surface area contributed by atoms with Crippen LogP contribution in [0.3, 0.4) is 0 Å². The van der Waals surface area contributed by atoms with Crippen molar-refractivity contribution in [1.29, 1.82) is 0 Å². The normalized spacial score (nSPS) is 11.6. The lowest BCUT2D eigenvalue weighted by Gasteiger charge is -2.24. The maximum absolute atomic E-state index is 11.8. The highest BCUT2D eigenvalue weighted by Gasteiger charge is 2.17. The Morgan fingerprint density at radius 3 is 2.67 bits per heavy atom. The first-order chi connectivity index (χ1) is 9.90. The number of carbonyl (C=O) groups is 2. The molecule has 21 heavy (non-hydrogen) atoms. The Labute approximate surface area is 125 Å². The number of esters is 1. The van der Waals surface area contributed by atoms with Crippen LogP contribution in [0.1, 0.15) is 24.2 Å². The number of amides is 1. The Bertz CT molecular complexity index is 517. The molecule has 6 nitrogen and oxygen atoms in total. The Hall–Kier alpha value is -2.24. The molecule has 1 aromatic rings. The van der Waals surface area contributed by atoms with E-state index < -0.39 is 0 Å². The van der Waals surface area contributed by atoms with Gasteiger partial charge in [0.1, 0.15) is 0 Å². The second-order valence-corrected chi connectivity index (χ2v) is 4.89. The van der Waals surface area contributed by atoms with Crippen LogP contribution in [0.2, 0.25) is 0 Å². The first kappa shape index (κ1) is 16.8. The lowest BCUT2D eigenvalue weighted by molar-refractivity contribution is -0.123. The van der Waals surface area contributed by atoms with Crippen molar-refractivity contribution in [3.05, 3.63) is 23.8 Å². The molecule has 1 amide bonds. The zero-order valence-electron chi connectivity index (χ0n) is 13.0. The molecule has 0 aliphatic heterocycles. The first-order valence-electron chi connectivity index (χ1n) is 6.90. The van der Waals surface area contributed by atoms with Crippen LogP contribution in [0.25, 0.3) is 0 Å². The summed E-state index contributed by atoms with van der Waals surface area (Å²) in [4.78, 5) is 25.2. The maximum atomic E-state index is 11.8. The zero-order valence-corrected chi connectivity index (χ0v) is 13.0. The van der Waals surface area contributed by atoms with Gasteiger partial charge in [-0.2, -0.15) is 0 Å². The minimum atomic E-state index is -0.383. The van der Waals surface area contributed by atoms with Gasteiger partial charge >= 0.3 is 5.97 Å². The second-order valence-electron chi connectivity index (χ2n) is 4.89. The van der Waals surface area contributed by atoms with Crippen molar-refractivity contribution in [2.45, 2.75) is 13.8 Å². The number of nitrogens with zero attached hydrogens (tertiary/aromatic N) is 1. The molecule has 1 unspecified atom stereocenters. The van der Waals surface area contributed by atoms with E-state index in [0.717, 1.165) is 0 Å². The van der Waals surface area contributed by atoms with E-state index >= 15 is 0 Å². The van der Waals surface area contributed by atoms with Gasteiger partial charge in [0.25, 0.3) is 0 Å². The summed E-state index contributed by atoms with van der Waals surface area (Å²) in [5, 5.41) is 2.61. The number of nitrogens with two attached hydrogens (primary N) is 1. The summed E-state index contributed by atoms with van der Waals surface area (Å²) in [5.74, 6) is -0.612. The maximum Gasteiger partial charge on any atom is 0.338 e. The minimum Gasteiger partial charge on any atom is -0.462 e. The number of benzene rings is 1. The van der Waals surface area contributed by atoms with Gasteiger partial charge in [-0.3, -0.25) is 4.79 Å². The standard InChI is InChI=1S/C15H23N3O3/c1-5-21-15(20)11-6-7-12(16)13(8-11)18(4)9-10(2)14(19)17-3/h6-8,10H,5,9,16H2,1-4H3,(H,17,19). The Balaban J connectivity index is 2.93. The molecule has 0 aliphatic carbocycles. The number of nitrogen functional groups attached to an aromatic ring is 1. The highest BCUT2D eigenvalue weighted by molar-refractivity contribution is 5.92. The second kappa shape index (κ2) is 7.52. The molecule has 1 atom stereocenters. The monoisotopic (exact) mass is 293 g/mol. The van der Waals surface area contributed by atoms with Crippen molar-refractivity contribution >= 4 is 23.3 Å². The van der Waals surface area contributed by atoms with E-state index in [2.05, 4.69) is 5.32 Å². The molecular weight excluding hydrogens is 270 g/mol. The van der Waals surface area contributed by atoms with Gasteiger partial charge < -0.3 is 20.7 Å². The van der Waals surface area contributed by atoms with Gasteiger partial charge in [0, 0.05) is 20.6 Å². The molecule has 116 valence electrons. The molecule has 0 spiro atoms. The van der Waals surface area contributed by atoms with Crippen molar-refractivity contribution in [1.82, 2.24) is 5.32 Å². The van der Waals surface area contributed by atoms with Crippen molar-refractivity contribution < 1.29 is 14.3 Å². The number of rotatable bonds is 6. The van der Waals surface area contributed by atoms with Crippen LogP contribution < -0.4 is 16.0 Å². The van der Waals surface area contributed by atoms with Crippen molar-refractivity contribution in [2.75, 3.05) is 37.9 Å². The SMILES string of the molecule is CCOC(=O)c1ccc(N)c(N(C)CC(C)C(=O)NC)c1. The minimum absolute atomic E-state index is 0.0398. The third-order valence-electron chi connectivity index (χ3n) is 3.19. The van der Waals surface area contributed by atoms with Crippen LogP contribution in [0.15, 0.2) is 18.2 Å². The van der Waals surface area contributed by atoms with Gasteiger partial charge in [0.15, 0.2) is 0 Å². The molecule has 1 aromatic carbocycles. The van der Waals surface area contributed by atoms with E-state index in [1.807, 2.05) is 18.9 Å². The zero-order chi connectivity index (χ0) is 16.0. The highest BCUT2D eigenvalue weighted by atomic mass is 16.5. The van der Waals surface area contributed by atoms with Crippen molar-refractivity contribution in [3.8, 4) is 0 Å². The number of hydrogen-bond acceptors (Lipinski definition) is 5. The Morgan fingerprint density at radius 1 is 1.43 bits per heavy atom. The van der Waals surface area contributed by atoms with Gasteiger partial charge in [-0.1, -0.05) is 6.92 Å². The summed E-state index contributed by atoms with van der Waals surface area (Å²) in [7, 11) is 3.44. The summed E-state index contributed by atoms with van der Waals surface area (Å²) in [6.07, 6.45) is 0. The van der Waals surface area contributed by atoms with Gasteiger partial charge in [-0.25, -0.2) is 4.79 Å². The van der Waals surface area contributed by atoms with Crippen LogP contribution in [-0.2, 0) is 9.53 Å². The van der Waals surface area contributed by atoms with Gasteiger partial charge in [0.05, 0.1) is 29.5 Å². The Kier molecular flexibility index (Phi) is 6.02. The molecule has 6 heteroatoms. The molecule has 0 aromatic heterocycles. The topological polar surface area (TPSA) is 84.7 Å². The molecule has 3 N–H and O–H groups in total. The third-order valence-corrected chi connectivity index (χ3v) is 3.19. The van der Waals surface area contributed by atoms with Gasteiger partial charge in [-0.15, -0.1) is 0 Å². The number of anilines is 2. The molecule has 0 aliphatic rings. The number of hydrogen-bond donors (Lipinski definition) is 2. The molecule has 0 saturated carbocycles. The average Bonchev–Trinajstić information content (AvgIpc) is 2.46. The van der Waals surface area contributed by atoms with Crippen LogP contribution in [0.5, 0.6) is 0 Å². The molecule has 1 rings (SSSR count). The predicted molar refractivity (Wildman–Crippen MR) is 83.3 cm³/mol. The largest absolute Gasteiger partial charge is 0.462 e. The van der Waals surface area contributed by atoms with Crippen molar-refractivity contribution in [2.24, 2.45) is 5.92 Å². The van der Waals surface area contributed by atoms with Crippen LogP contribution >= 0.6 is 0 Å². The van der Waals surface area contributed by atoms with E-state index in [4.69, 9.17) is 10.5 Å². The van der Waals surface area contributed by atoms with Gasteiger partial charge in [0.2, 0.25) is 5.91 Å². The van der Waals surface area contributed by atoms with Gasteiger partial charge in [-0.05, 0) is 25.1 Å². The molecular formula is C15H23N3O3. The molecule has 0 heterocycles. The lowest BCUT2D eigenvalue weighted by atomic mass is 10.1. The fourth-order valence-electron chi connectivity index (χ4n) is 2.05. The summed E-state index contributed by atoms with van der Waals surface area (Å²) in [6.45, 7) is 4.41. The van der Waals surface area contributed by atoms with Crippen LogP contribution in [-0.4, -0.2) is 39.1 Å². The quantitative estimate of drug-likeness (QED) is 0.609. The first-order valence-corrected chi connectivity index (χ1v) is 6.90. The summed E-state index contributed by atoms with van der Waals surface area (Å²) >= 11 is 0. The molecule has 0 bridgehead atoms. The van der Waals surface area contributed by atoms with E-state index in [0.29, 0.717) is 30.1 Å². The molecule has 0 fully saturated rings. The summed E-state index contributed by atoms with van der Waals surface area (Å²) in [6, 6.07) is 4.99. The van der Waals surface area contributed by atoms with Crippen LogP contribution in [0, 0.1) is 5.92 Å². The number of carbonyl (C=O) groups excluding carboxylic acids is 2. The third kappa shape index (κ3) is 4.37. The number of nitrogens with one attached hydrogen (secondary N) is 1. The fraction of sp³-hybridized carbons (Fsp3) is 0.467. The number of ether oxygens (including phenoxy) is 1. The van der Waals surface area contributed by atoms with Crippen molar-refractivity contribution in [3.63, 3.8) is 0 Å². The predicted octanol–water partition coefficient (Wildman–Crippen LogP) is 1.26. The van der Waals surface area contributed by atoms with Crippen LogP contribution in [0.4, 0.5) is 11.4 Å². The summed E-state index contributed by atoms with van der Waals surface area (Å²) < 4.78 is 4.98. The fourth-order valence-corrected chi connectivity index (χ4v) is 2.05. The van der Waals surface area contributed by atoms with E-state index in [-0.39, 0.29) is 17.8 Å². The van der Waals surface area contributed by atoms with E-state index in [1.165, 1.54) is 0 Å². The Morgan fingerprint density at radius 2 is 2.10 bits per heavy atom. The smallest absolute Gasteiger partial charge is 0.338 e. The van der Waals surface area contributed by atoms with E-state index in [9.17, 15) is 9.59 Å².